The summed E-state index contributed by atoms with van der Waals surface area (Å²) < 4.78 is 0. The number of fused-ring (bicyclic) bond motifs is 2. The number of amides is 1. The van der Waals surface area contributed by atoms with Crippen molar-refractivity contribution < 1.29 is 4.79 Å². The Morgan fingerprint density at radius 2 is 2.03 bits per heavy atom. The maximum atomic E-state index is 12.8. The molecule has 0 radical (unpaired) electrons. The normalized spacial score (nSPS) is 14.3. The maximum Gasteiger partial charge on any atom is 0.260 e. The van der Waals surface area contributed by atoms with E-state index < -0.39 is 0 Å². The first-order valence-corrected chi connectivity index (χ1v) is 13.3. The fourth-order valence-corrected chi connectivity index (χ4v) is 6.56. The molecule has 3 aromatic heterocycles. The van der Waals surface area contributed by atoms with Gasteiger partial charge < -0.3 is 10.3 Å². The van der Waals surface area contributed by atoms with Crippen LogP contribution in [0.1, 0.15) is 36.2 Å². The Morgan fingerprint density at radius 3 is 2.84 bits per heavy atom. The minimum atomic E-state index is -0.292. The summed E-state index contributed by atoms with van der Waals surface area (Å²) >= 11 is 4.50. The van der Waals surface area contributed by atoms with Gasteiger partial charge >= 0.3 is 0 Å². The van der Waals surface area contributed by atoms with E-state index in [1.807, 2.05) is 42.6 Å². The zero-order valence-corrected chi connectivity index (χ0v) is 20.0. The molecule has 32 heavy (non-hydrogen) atoms. The minimum absolute atomic E-state index is 0.0768. The summed E-state index contributed by atoms with van der Waals surface area (Å²) in [6.45, 7) is 1.86. The van der Waals surface area contributed by atoms with Gasteiger partial charge in [-0.3, -0.25) is 9.59 Å². The van der Waals surface area contributed by atoms with Crippen molar-refractivity contribution in [1.82, 2.24) is 15.0 Å². The highest BCUT2D eigenvalue weighted by Gasteiger charge is 2.20. The zero-order valence-electron chi connectivity index (χ0n) is 17.5. The molecule has 0 saturated heterocycles. The quantitative estimate of drug-likeness (QED) is 0.392. The van der Waals surface area contributed by atoms with Gasteiger partial charge in [0.15, 0.2) is 5.13 Å². The van der Waals surface area contributed by atoms with Crippen LogP contribution in [0.25, 0.3) is 21.3 Å². The second-order valence-corrected chi connectivity index (χ2v) is 11.0. The molecule has 1 aliphatic rings. The topological polar surface area (TPSA) is 87.7 Å². The summed E-state index contributed by atoms with van der Waals surface area (Å²) in [5.74, 6) is 0.956. The molecule has 6 nitrogen and oxygen atoms in total. The number of thioether (sulfide) groups is 1. The maximum absolute atomic E-state index is 12.8. The molecule has 9 heteroatoms. The molecule has 0 bridgehead atoms. The molecule has 0 spiro atoms. The van der Waals surface area contributed by atoms with Gasteiger partial charge in [0.2, 0.25) is 5.91 Å². The lowest BCUT2D eigenvalue weighted by molar-refractivity contribution is -0.115. The monoisotopic (exact) mass is 482 g/mol. The molecule has 1 aromatic carbocycles. The zero-order chi connectivity index (χ0) is 22.1. The Morgan fingerprint density at radius 1 is 1.22 bits per heavy atom. The van der Waals surface area contributed by atoms with E-state index >= 15 is 0 Å². The summed E-state index contributed by atoms with van der Waals surface area (Å²) in [5, 5.41) is 5.95. The van der Waals surface area contributed by atoms with Crippen LogP contribution in [0.2, 0.25) is 0 Å². The van der Waals surface area contributed by atoms with Gasteiger partial charge in [0.25, 0.3) is 5.56 Å². The van der Waals surface area contributed by atoms with Gasteiger partial charge in [-0.05, 0) is 38.2 Å². The third kappa shape index (κ3) is 4.37. The Balaban J connectivity index is 1.26. The summed E-state index contributed by atoms with van der Waals surface area (Å²) in [6, 6.07) is 9.85. The second-order valence-electron chi connectivity index (χ2n) is 7.75. The fourth-order valence-electron chi connectivity index (χ4n) is 3.78. The number of H-pyrrole nitrogens is 1. The van der Waals surface area contributed by atoms with E-state index in [9.17, 15) is 9.59 Å². The smallest absolute Gasteiger partial charge is 0.260 e. The fraction of sp³-hybridized carbons (Fsp3) is 0.304. The summed E-state index contributed by atoms with van der Waals surface area (Å²) in [7, 11) is 0. The van der Waals surface area contributed by atoms with E-state index in [0.717, 1.165) is 29.7 Å². The number of hydrogen-bond donors (Lipinski definition) is 2. The van der Waals surface area contributed by atoms with E-state index in [1.165, 1.54) is 40.8 Å². The standard InChI is InChI=1S/C23H22N4O2S3/c1-13(20(28)27-23-24-16-9-5-6-10-17(16)32-23)30-12-18-25-21(29)19-15(11-31-22(19)26-18)14-7-3-2-4-8-14/h2-4,7-8,11,13H,5-6,9-10,12H2,1H3,(H,24,27,28)(H,25,26,29). The predicted octanol–water partition coefficient (Wildman–Crippen LogP) is 5.25. The number of nitrogens with zero attached hydrogens (tertiary/aromatic N) is 2. The Kier molecular flexibility index (Phi) is 6.12. The molecule has 1 aliphatic carbocycles. The van der Waals surface area contributed by atoms with E-state index in [0.29, 0.717) is 26.9 Å². The van der Waals surface area contributed by atoms with Crippen molar-refractivity contribution in [2.75, 3.05) is 5.32 Å². The number of aryl methyl sites for hydroxylation is 2. The lowest BCUT2D eigenvalue weighted by Crippen LogP contribution is -2.23. The van der Waals surface area contributed by atoms with Crippen LogP contribution < -0.4 is 10.9 Å². The molecule has 164 valence electrons. The van der Waals surface area contributed by atoms with Crippen LogP contribution in [0.5, 0.6) is 0 Å². The van der Waals surface area contributed by atoms with Gasteiger partial charge in [-0.25, -0.2) is 9.97 Å². The molecule has 1 unspecified atom stereocenters. The molecule has 0 fully saturated rings. The highest BCUT2D eigenvalue weighted by atomic mass is 32.2. The van der Waals surface area contributed by atoms with Crippen molar-refractivity contribution in [2.45, 2.75) is 43.6 Å². The molecule has 4 aromatic rings. The first-order valence-electron chi connectivity index (χ1n) is 10.6. The molecule has 1 amide bonds. The SMILES string of the molecule is CC(SCc1nc2scc(-c3ccccc3)c2c(=O)[nH]1)C(=O)Nc1nc2c(s1)CCCC2. The molecule has 1 atom stereocenters. The Labute approximate surface area is 197 Å². The van der Waals surface area contributed by atoms with Crippen molar-refractivity contribution in [3.8, 4) is 11.1 Å². The number of hydrogen-bond acceptors (Lipinski definition) is 7. The highest BCUT2D eigenvalue weighted by molar-refractivity contribution is 7.99. The molecular weight excluding hydrogens is 460 g/mol. The number of carbonyl (C=O) groups excluding carboxylic acids is 1. The van der Waals surface area contributed by atoms with E-state index in [4.69, 9.17) is 0 Å². The molecule has 0 saturated carbocycles. The van der Waals surface area contributed by atoms with Crippen LogP contribution in [0.15, 0.2) is 40.5 Å². The number of nitrogens with one attached hydrogen (secondary N) is 2. The van der Waals surface area contributed by atoms with Crippen LogP contribution in [0.4, 0.5) is 5.13 Å². The average Bonchev–Trinajstić information content (AvgIpc) is 3.42. The number of thiophene rings is 1. The largest absolute Gasteiger partial charge is 0.309 e. The van der Waals surface area contributed by atoms with E-state index in [1.54, 1.807) is 11.3 Å². The van der Waals surface area contributed by atoms with Crippen LogP contribution >= 0.6 is 34.4 Å². The third-order valence-electron chi connectivity index (χ3n) is 5.49. The first-order chi connectivity index (χ1) is 15.6. The van der Waals surface area contributed by atoms with Crippen molar-refractivity contribution in [2.24, 2.45) is 0 Å². The third-order valence-corrected chi connectivity index (χ3v) is 8.59. The van der Waals surface area contributed by atoms with Crippen LogP contribution in [0.3, 0.4) is 0 Å². The number of anilines is 1. The predicted molar refractivity (Wildman–Crippen MR) is 134 cm³/mol. The number of thiazole rings is 1. The van der Waals surface area contributed by atoms with E-state index in [-0.39, 0.29) is 16.7 Å². The molecule has 2 N–H and O–H groups in total. The molecule has 5 rings (SSSR count). The highest BCUT2D eigenvalue weighted by Crippen LogP contribution is 2.32. The average molecular weight is 483 g/mol. The van der Waals surface area contributed by atoms with Crippen LogP contribution in [-0.2, 0) is 23.4 Å². The van der Waals surface area contributed by atoms with Crippen LogP contribution in [0, 0.1) is 0 Å². The number of benzene rings is 1. The first kappa shape index (κ1) is 21.4. The number of carbonyl (C=O) groups is 1. The second kappa shape index (κ2) is 9.17. The molecular formula is C23H22N4O2S3. The lowest BCUT2D eigenvalue weighted by atomic mass is 10.0. The van der Waals surface area contributed by atoms with Gasteiger partial charge in [0.1, 0.15) is 10.7 Å². The Bertz CT molecular complexity index is 1300. The minimum Gasteiger partial charge on any atom is -0.309 e. The van der Waals surface area contributed by atoms with Crippen molar-refractivity contribution in [3.05, 3.63) is 62.5 Å². The number of rotatable bonds is 6. The number of aromatic nitrogens is 3. The Hall–Kier alpha value is -2.49. The van der Waals surface area contributed by atoms with Crippen molar-refractivity contribution in [3.63, 3.8) is 0 Å². The van der Waals surface area contributed by atoms with Crippen molar-refractivity contribution in [1.29, 1.82) is 0 Å². The van der Waals surface area contributed by atoms with Gasteiger partial charge in [-0.1, -0.05) is 30.3 Å². The summed E-state index contributed by atoms with van der Waals surface area (Å²) in [4.78, 5) is 39.6. The lowest BCUT2D eigenvalue weighted by Gasteiger charge is -2.10. The van der Waals surface area contributed by atoms with Gasteiger partial charge in [0.05, 0.1) is 22.1 Å². The van der Waals surface area contributed by atoms with Gasteiger partial charge in [-0.15, -0.1) is 34.4 Å². The molecule has 3 heterocycles. The summed E-state index contributed by atoms with van der Waals surface area (Å²) in [6.07, 6.45) is 4.43. The summed E-state index contributed by atoms with van der Waals surface area (Å²) in [5.41, 5.74) is 2.90. The van der Waals surface area contributed by atoms with E-state index in [2.05, 4.69) is 20.3 Å². The van der Waals surface area contributed by atoms with Gasteiger partial charge in [-0.2, -0.15) is 0 Å². The molecule has 0 aliphatic heterocycles. The van der Waals surface area contributed by atoms with Crippen LogP contribution in [-0.4, -0.2) is 26.1 Å². The number of aromatic amines is 1. The van der Waals surface area contributed by atoms with Gasteiger partial charge in [0, 0.05) is 15.8 Å². The van der Waals surface area contributed by atoms with Crippen molar-refractivity contribution >= 4 is 55.7 Å².